The molecule has 3 aromatic rings. The molecule has 0 spiro atoms. The molecule has 4 rings (SSSR count). The molecule has 0 amide bonds. The van der Waals surface area contributed by atoms with Crippen LogP contribution >= 0.6 is 0 Å². The number of benzene rings is 2. The Bertz CT molecular complexity index is 1050. The van der Waals surface area contributed by atoms with Crippen molar-refractivity contribution in [2.45, 2.75) is 13.8 Å². The lowest BCUT2D eigenvalue weighted by Gasteiger charge is -2.20. The number of rotatable bonds is 2. The quantitative estimate of drug-likeness (QED) is 0.575. The number of hydrogen-bond acceptors (Lipinski definition) is 4. The van der Waals surface area contributed by atoms with E-state index in [1.807, 2.05) is 38.1 Å². The summed E-state index contributed by atoms with van der Waals surface area (Å²) >= 11 is 0. The van der Waals surface area contributed by atoms with Crippen LogP contribution in [0, 0.1) is 19.3 Å². The number of phenols is 1. The average Bonchev–Trinajstić information content (AvgIpc) is 3.07. The first-order valence-electron chi connectivity index (χ1n) is 7.99. The number of H-pyrrole nitrogens is 1. The Kier molecular flexibility index (Phi) is 3.28. The molecule has 0 unspecified atom stereocenters. The van der Waals surface area contributed by atoms with E-state index in [2.05, 4.69) is 9.97 Å². The number of anilines is 1. The van der Waals surface area contributed by atoms with Crippen molar-refractivity contribution in [1.29, 1.82) is 5.41 Å². The van der Waals surface area contributed by atoms with Gasteiger partial charge in [-0.2, -0.15) is 0 Å². The predicted molar refractivity (Wildman–Crippen MR) is 98.3 cm³/mol. The van der Waals surface area contributed by atoms with Crippen molar-refractivity contribution in [3.8, 4) is 5.75 Å². The van der Waals surface area contributed by atoms with Gasteiger partial charge in [0.15, 0.2) is 0 Å². The van der Waals surface area contributed by atoms with Crippen molar-refractivity contribution in [1.82, 2.24) is 9.97 Å². The summed E-state index contributed by atoms with van der Waals surface area (Å²) in [6.07, 6.45) is 0. The smallest absolute Gasteiger partial charge is 0.145 e. The molecular weight excluding hydrogens is 316 g/mol. The Balaban J connectivity index is 1.75. The summed E-state index contributed by atoms with van der Waals surface area (Å²) in [4.78, 5) is 9.24. The number of aromatic hydroxyl groups is 1. The Morgan fingerprint density at radius 2 is 1.80 bits per heavy atom. The zero-order valence-corrected chi connectivity index (χ0v) is 14.0. The molecule has 0 saturated carbocycles. The fourth-order valence-corrected chi connectivity index (χ4v) is 3.14. The fourth-order valence-electron chi connectivity index (χ4n) is 3.14. The number of nitrogens with zero attached hydrogens (tertiary/aromatic N) is 2. The number of imidazole rings is 1. The third-order valence-electron chi connectivity index (χ3n) is 4.40. The predicted octanol–water partition coefficient (Wildman–Crippen LogP) is 3.65. The molecule has 1 aliphatic rings. The second kappa shape index (κ2) is 5.37. The van der Waals surface area contributed by atoms with Crippen LogP contribution in [0.15, 0.2) is 42.2 Å². The monoisotopic (exact) mass is 334 g/mol. The standard InChI is InChI=1S/C19H18N4O2/c1-10-3-5-12-13(7-10)22-19(21-12)17-16(25)9-23(18(17)20)14-6-4-11(2)8-15(14)24/h3-8,20,24-25H,9H2,1-2H3,(H,21,22). The van der Waals surface area contributed by atoms with Gasteiger partial charge in [0.25, 0.3) is 0 Å². The summed E-state index contributed by atoms with van der Waals surface area (Å²) in [5.41, 5.74) is 4.52. The first kappa shape index (κ1) is 15.3. The Hall–Kier alpha value is -3.28. The van der Waals surface area contributed by atoms with Gasteiger partial charge in [-0.15, -0.1) is 0 Å². The second-order valence-corrected chi connectivity index (χ2v) is 6.35. The molecule has 2 heterocycles. The molecule has 0 fully saturated rings. The van der Waals surface area contributed by atoms with Crippen LogP contribution in [-0.4, -0.2) is 32.6 Å². The molecule has 2 aromatic carbocycles. The van der Waals surface area contributed by atoms with Crippen molar-refractivity contribution in [2.75, 3.05) is 11.4 Å². The van der Waals surface area contributed by atoms with Crippen LogP contribution in [0.25, 0.3) is 16.6 Å². The largest absolute Gasteiger partial charge is 0.509 e. The summed E-state index contributed by atoms with van der Waals surface area (Å²) in [5.74, 6) is 0.699. The van der Waals surface area contributed by atoms with E-state index in [1.165, 1.54) is 0 Å². The normalized spacial score (nSPS) is 14.8. The van der Waals surface area contributed by atoms with Crippen LogP contribution in [0.5, 0.6) is 5.75 Å². The summed E-state index contributed by atoms with van der Waals surface area (Å²) in [7, 11) is 0. The van der Waals surface area contributed by atoms with Gasteiger partial charge in [0.2, 0.25) is 0 Å². The van der Waals surface area contributed by atoms with Gasteiger partial charge >= 0.3 is 0 Å². The van der Waals surface area contributed by atoms with E-state index in [9.17, 15) is 10.2 Å². The molecule has 126 valence electrons. The molecule has 0 aliphatic carbocycles. The molecule has 25 heavy (non-hydrogen) atoms. The maximum atomic E-state index is 10.4. The van der Waals surface area contributed by atoms with Crippen LogP contribution in [-0.2, 0) is 0 Å². The third-order valence-corrected chi connectivity index (χ3v) is 4.40. The number of phenolic OH excluding ortho intramolecular Hbond substituents is 1. The van der Waals surface area contributed by atoms with Gasteiger partial charge in [-0.3, -0.25) is 5.41 Å². The minimum Gasteiger partial charge on any atom is -0.509 e. The van der Waals surface area contributed by atoms with Crippen molar-refractivity contribution in [2.24, 2.45) is 0 Å². The maximum absolute atomic E-state index is 10.4. The lowest BCUT2D eigenvalue weighted by atomic mass is 10.2. The lowest BCUT2D eigenvalue weighted by Crippen LogP contribution is -2.26. The number of fused-ring (bicyclic) bond motifs is 1. The van der Waals surface area contributed by atoms with Crippen molar-refractivity contribution in [3.63, 3.8) is 0 Å². The highest BCUT2D eigenvalue weighted by molar-refractivity contribution is 6.30. The number of aromatic amines is 1. The zero-order chi connectivity index (χ0) is 17.7. The number of aliphatic hydroxyl groups excluding tert-OH is 1. The van der Waals surface area contributed by atoms with Gasteiger partial charge in [0.05, 0.1) is 28.8 Å². The van der Waals surface area contributed by atoms with Crippen molar-refractivity contribution >= 4 is 28.1 Å². The van der Waals surface area contributed by atoms with Crippen molar-refractivity contribution < 1.29 is 10.2 Å². The second-order valence-electron chi connectivity index (χ2n) is 6.35. The molecule has 0 radical (unpaired) electrons. The van der Waals surface area contributed by atoms with Crippen LogP contribution in [0.3, 0.4) is 0 Å². The van der Waals surface area contributed by atoms with Crippen LogP contribution in [0.1, 0.15) is 17.0 Å². The lowest BCUT2D eigenvalue weighted by molar-refractivity contribution is 0.410. The molecule has 0 bridgehead atoms. The highest BCUT2D eigenvalue weighted by Crippen LogP contribution is 2.35. The van der Waals surface area contributed by atoms with E-state index >= 15 is 0 Å². The average molecular weight is 334 g/mol. The third kappa shape index (κ3) is 2.42. The van der Waals surface area contributed by atoms with E-state index in [-0.39, 0.29) is 23.9 Å². The number of amidine groups is 1. The van der Waals surface area contributed by atoms with Crippen LogP contribution < -0.4 is 4.90 Å². The van der Waals surface area contributed by atoms with Crippen LogP contribution in [0.4, 0.5) is 5.69 Å². The van der Waals surface area contributed by atoms with Gasteiger partial charge in [0, 0.05) is 0 Å². The molecule has 1 aliphatic heterocycles. The first-order chi connectivity index (χ1) is 11.9. The Labute approximate surface area is 144 Å². The zero-order valence-electron chi connectivity index (χ0n) is 14.0. The van der Waals surface area contributed by atoms with E-state index in [4.69, 9.17) is 5.41 Å². The van der Waals surface area contributed by atoms with E-state index in [1.54, 1.807) is 17.0 Å². The van der Waals surface area contributed by atoms with Gasteiger partial charge in [0.1, 0.15) is 23.2 Å². The summed E-state index contributed by atoms with van der Waals surface area (Å²) in [6, 6.07) is 11.1. The number of nitrogens with one attached hydrogen (secondary N) is 2. The highest BCUT2D eigenvalue weighted by atomic mass is 16.3. The Morgan fingerprint density at radius 1 is 1.08 bits per heavy atom. The molecule has 6 heteroatoms. The molecule has 4 N–H and O–H groups in total. The number of aromatic nitrogens is 2. The summed E-state index contributed by atoms with van der Waals surface area (Å²) in [6.45, 7) is 4.01. The SMILES string of the molecule is Cc1ccc(N2CC(O)=C(c3nc4ccc(C)cc4[nH]3)C2=N)c(O)c1. The number of aryl methyl sites for hydroxylation is 2. The van der Waals surface area contributed by atoms with E-state index < -0.39 is 0 Å². The van der Waals surface area contributed by atoms with E-state index in [0.29, 0.717) is 17.1 Å². The molecule has 0 atom stereocenters. The van der Waals surface area contributed by atoms with Gasteiger partial charge in [-0.25, -0.2) is 4.98 Å². The van der Waals surface area contributed by atoms with Gasteiger partial charge in [-0.05, 0) is 49.2 Å². The van der Waals surface area contributed by atoms with Gasteiger partial charge < -0.3 is 20.1 Å². The maximum Gasteiger partial charge on any atom is 0.145 e. The topological polar surface area (TPSA) is 96.2 Å². The minimum atomic E-state index is 0.0563. The molecule has 6 nitrogen and oxygen atoms in total. The number of aliphatic hydroxyl groups is 1. The van der Waals surface area contributed by atoms with Gasteiger partial charge in [-0.1, -0.05) is 12.1 Å². The molecular formula is C19H18N4O2. The molecule has 1 aromatic heterocycles. The summed E-state index contributed by atoms with van der Waals surface area (Å²) in [5, 5.41) is 29.1. The first-order valence-corrected chi connectivity index (χ1v) is 7.99. The summed E-state index contributed by atoms with van der Waals surface area (Å²) < 4.78 is 0. The van der Waals surface area contributed by atoms with Crippen LogP contribution in [0.2, 0.25) is 0 Å². The fraction of sp³-hybridized carbons (Fsp3) is 0.158. The molecule has 0 saturated heterocycles. The number of hydrogen-bond donors (Lipinski definition) is 4. The Morgan fingerprint density at radius 3 is 2.56 bits per heavy atom. The highest BCUT2D eigenvalue weighted by Gasteiger charge is 2.32. The minimum absolute atomic E-state index is 0.0563. The van der Waals surface area contributed by atoms with E-state index in [0.717, 1.165) is 22.2 Å². The van der Waals surface area contributed by atoms with Crippen molar-refractivity contribution in [3.05, 3.63) is 59.1 Å².